The van der Waals surface area contributed by atoms with Crippen LogP contribution in [0.25, 0.3) is 0 Å². The number of carbonyl (C=O) groups excluding carboxylic acids is 2. The van der Waals surface area contributed by atoms with E-state index in [1.54, 1.807) is 26.8 Å². The van der Waals surface area contributed by atoms with E-state index in [9.17, 15) is 9.59 Å². The highest BCUT2D eigenvalue weighted by atomic mass is 32.1. The second-order valence-electron chi connectivity index (χ2n) is 5.03. The Labute approximate surface area is 130 Å². The molecule has 1 rings (SSSR count). The van der Waals surface area contributed by atoms with Gasteiger partial charge >= 0.3 is 0 Å². The number of thiocarbonyl (C=S) groups is 1. The van der Waals surface area contributed by atoms with Gasteiger partial charge in [-0.05, 0) is 36.8 Å². The molecule has 0 spiro atoms. The van der Waals surface area contributed by atoms with E-state index in [1.807, 2.05) is 19.1 Å². The predicted octanol–water partition coefficient (Wildman–Crippen LogP) is 2.81. The number of aryl methyl sites for hydroxylation is 1. The minimum absolute atomic E-state index is 0.0501. The third kappa shape index (κ3) is 5.51. The molecule has 21 heavy (non-hydrogen) atoms. The van der Waals surface area contributed by atoms with Gasteiger partial charge in [-0.15, -0.1) is 0 Å². The average molecular weight is 307 g/mol. The monoisotopic (exact) mass is 307 g/mol. The third-order valence-corrected chi connectivity index (χ3v) is 3.06. The first-order valence-electron chi connectivity index (χ1n) is 6.85. The lowest BCUT2D eigenvalue weighted by Crippen LogP contribution is -2.36. The molecular weight excluding hydrogens is 286 g/mol. The summed E-state index contributed by atoms with van der Waals surface area (Å²) in [5.74, 6) is -0.327. The smallest absolute Gasteiger partial charge is 0.228 e. The van der Waals surface area contributed by atoms with Crippen LogP contribution in [0.1, 0.15) is 32.8 Å². The zero-order valence-corrected chi connectivity index (χ0v) is 13.6. The molecule has 0 unspecified atom stereocenters. The van der Waals surface area contributed by atoms with Crippen LogP contribution in [0.4, 0.5) is 11.4 Å². The molecule has 0 atom stereocenters. The fourth-order valence-corrected chi connectivity index (χ4v) is 1.71. The molecule has 0 fully saturated rings. The highest BCUT2D eigenvalue weighted by Crippen LogP contribution is 2.20. The maximum atomic E-state index is 11.6. The maximum Gasteiger partial charge on any atom is 0.228 e. The van der Waals surface area contributed by atoms with Crippen LogP contribution in [0, 0.1) is 12.8 Å². The molecule has 0 aliphatic rings. The molecule has 0 radical (unpaired) electrons. The number of amides is 2. The minimum atomic E-state index is -0.140. The molecule has 3 N–H and O–H groups in total. The Morgan fingerprint density at radius 3 is 2.48 bits per heavy atom. The van der Waals surface area contributed by atoms with E-state index in [0.717, 1.165) is 11.3 Å². The number of hydrogen-bond donors (Lipinski definition) is 3. The van der Waals surface area contributed by atoms with Crippen molar-refractivity contribution in [3.05, 3.63) is 23.8 Å². The molecule has 0 aliphatic carbocycles. The Bertz CT molecular complexity index is 556. The predicted molar refractivity (Wildman–Crippen MR) is 89.3 cm³/mol. The van der Waals surface area contributed by atoms with Gasteiger partial charge in [-0.25, -0.2) is 0 Å². The minimum Gasteiger partial charge on any atom is -0.332 e. The van der Waals surface area contributed by atoms with Gasteiger partial charge < -0.3 is 16.0 Å². The lowest BCUT2D eigenvalue weighted by Gasteiger charge is -2.13. The van der Waals surface area contributed by atoms with Crippen LogP contribution in [-0.2, 0) is 9.59 Å². The largest absolute Gasteiger partial charge is 0.332 e. The van der Waals surface area contributed by atoms with Gasteiger partial charge in [-0.1, -0.05) is 26.8 Å². The van der Waals surface area contributed by atoms with Gasteiger partial charge in [0.2, 0.25) is 11.8 Å². The van der Waals surface area contributed by atoms with E-state index in [-0.39, 0.29) is 22.8 Å². The van der Waals surface area contributed by atoms with Crippen molar-refractivity contribution < 1.29 is 9.59 Å². The van der Waals surface area contributed by atoms with Gasteiger partial charge in [0.25, 0.3) is 0 Å². The maximum absolute atomic E-state index is 11.6. The summed E-state index contributed by atoms with van der Waals surface area (Å²) in [5, 5.41) is 8.61. The molecule has 0 saturated carbocycles. The lowest BCUT2D eigenvalue weighted by atomic mass is 10.1. The van der Waals surface area contributed by atoms with Crippen LogP contribution >= 0.6 is 12.2 Å². The first-order chi connectivity index (χ1) is 9.83. The molecule has 0 heterocycles. The van der Waals surface area contributed by atoms with Crippen molar-refractivity contribution in [3.63, 3.8) is 0 Å². The van der Waals surface area contributed by atoms with Gasteiger partial charge in [0.05, 0.1) is 0 Å². The van der Waals surface area contributed by atoms with Crippen molar-refractivity contribution in [1.82, 2.24) is 5.32 Å². The molecular formula is C15H21N3O2S. The summed E-state index contributed by atoms with van der Waals surface area (Å²) in [5.41, 5.74) is 2.39. The molecule has 1 aromatic carbocycles. The van der Waals surface area contributed by atoms with Gasteiger partial charge in [-0.2, -0.15) is 0 Å². The lowest BCUT2D eigenvalue weighted by molar-refractivity contribution is -0.122. The zero-order valence-electron chi connectivity index (χ0n) is 12.7. The Morgan fingerprint density at radius 1 is 1.24 bits per heavy atom. The Hall–Kier alpha value is -1.95. The van der Waals surface area contributed by atoms with E-state index in [0.29, 0.717) is 12.1 Å². The van der Waals surface area contributed by atoms with Gasteiger partial charge in [0.1, 0.15) is 0 Å². The fourth-order valence-electron chi connectivity index (χ4n) is 1.49. The van der Waals surface area contributed by atoms with E-state index in [4.69, 9.17) is 12.2 Å². The van der Waals surface area contributed by atoms with Gasteiger partial charge in [0.15, 0.2) is 5.11 Å². The van der Waals surface area contributed by atoms with Crippen molar-refractivity contribution in [2.24, 2.45) is 5.92 Å². The first-order valence-corrected chi connectivity index (χ1v) is 7.26. The average Bonchev–Trinajstić information content (AvgIpc) is 2.42. The van der Waals surface area contributed by atoms with E-state index in [2.05, 4.69) is 16.0 Å². The number of carbonyl (C=O) groups is 2. The zero-order chi connectivity index (χ0) is 16.0. The van der Waals surface area contributed by atoms with Crippen molar-refractivity contribution >= 4 is 40.5 Å². The summed E-state index contributed by atoms with van der Waals surface area (Å²) in [6.07, 6.45) is 0.417. The van der Waals surface area contributed by atoms with Crippen LogP contribution < -0.4 is 16.0 Å². The van der Waals surface area contributed by atoms with Crippen LogP contribution in [-0.4, -0.2) is 16.9 Å². The normalized spacial score (nSPS) is 10.1. The van der Waals surface area contributed by atoms with Crippen molar-refractivity contribution in [2.45, 2.75) is 34.1 Å². The molecule has 0 aromatic heterocycles. The SMILES string of the molecule is CCC(=O)Nc1cc(NC(=S)NC(=O)C(C)C)ccc1C. The number of benzene rings is 1. The fraction of sp³-hybridized carbons (Fsp3) is 0.400. The van der Waals surface area contributed by atoms with Crippen LogP contribution in [0.5, 0.6) is 0 Å². The summed E-state index contributed by atoms with van der Waals surface area (Å²) in [4.78, 5) is 23.0. The summed E-state index contributed by atoms with van der Waals surface area (Å²) >= 11 is 5.09. The molecule has 1 aromatic rings. The summed E-state index contributed by atoms with van der Waals surface area (Å²) in [6.45, 7) is 7.29. The quantitative estimate of drug-likeness (QED) is 0.748. The second-order valence-corrected chi connectivity index (χ2v) is 5.44. The van der Waals surface area contributed by atoms with Gasteiger partial charge in [-0.3, -0.25) is 9.59 Å². The molecule has 114 valence electrons. The molecule has 0 aliphatic heterocycles. The Kier molecular flexibility index (Phi) is 6.30. The summed E-state index contributed by atoms with van der Waals surface area (Å²) in [7, 11) is 0. The number of nitrogens with one attached hydrogen (secondary N) is 3. The standard InChI is InChI=1S/C15H21N3O2S/c1-5-13(19)17-12-8-11(7-6-10(12)4)16-15(21)18-14(20)9(2)3/h6-9H,5H2,1-4H3,(H,17,19)(H2,16,18,20,21). The van der Waals surface area contributed by atoms with Crippen molar-refractivity contribution in [1.29, 1.82) is 0 Å². The molecule has 2 amide bonds. The van der Waals surface area contributed by atoms with Crippen molar-refractivity contribution in [3.8, 4) is 0 Å². The number of hydrogen-bond acceptors (Lipinski definition) is 3. The van der Waals surface area contributed by atoms with Gasteiger partial charge in [0, 0.05) is 23.7 Å². The molecule has 6 heteroatoms. The first kappa shape index (κ1) is 17.1. The highest BCUT2D eigenvalue weighted by molar-refractivity contribution is 7.80. The third-order valence-electron chi connectivity index (χ3n) is 2.85. The number of rotatable bonds is 4. The summed E-state index contributed by atoms with van der Waals surface area (Å²) in [6, 6.07) is 5.50. The van der Waals surface area contributed by atoms with Crippen molar-refractivity contribution in [2.75, 3.05) is 10.6 Å². The summed E-state index contributed by atoms with van der Waals surface area (Å²) < 4.78 is 0. The molecule has 5 nitrogen and oxygen atoms in total. The second kappa shape index (κ2) is 7.73. The van der Waals surface area contributed by atoms with Crippen LogP contribution in [0.3, 0.4) is 0 Å². The molecule has 0 saturated heterocycles. The Morgan fingerprint density at radius 2 is 1.90 bits per heavy atom. The molecule has 0 bridgehead atoms. The van der Waals surface area contributed by atoms with Crippen LogP contribution in [0.15, 0.2) is 18.2 Å². The Balaban J connectivity index is 2.76. The van der Waals surface area contributed by atoms with E-state index in [1.165, 1.54) is 0 Å². The number of anilines is 2. The topological polar surface area (TPSA) is 70.2 Å². The van der Waals surface area contributed by atoms with Crippen LogP contribution in [0.2, 0.25) is 0 Å². The van der Waals surface area contributed by atoms with E-state index < -0.39 is 0 Å². The van der Waals surface area contributed by atoms with E-state index >= 15 is 0 Å². The highest BCUT2D eigenvalue weighted by Gasteiger charge is 2.09.